The first-order valence-electron chi connectivity index (χ1n) is 10.5. The highest BCUT2D eigenvalue weighted by Crippen LogP contribution is 2.43. The smallest absolute Gasteiger partial charge is 0.258 e. The van der Waals surface area contributed by atoms with Gasteiger partial charge in [0.05, 0.1) is 23.5 Å². The molecule has 3 amide bonds. The molecule has 162 valence electrons. The van der Waals surface area contributed by atoms with Gasteiger partial charge >= 0.3 is 0 Å². The number of nitrogens with one attached hydrogen (secondary N) is 1. The van der Waals surface area contributed by atoms with E-state index in [2.05, 4.69) is 10.3 Å². The van der Waals surface area contributed by atoms with Crippen molar-refractivity contribution in [3.8, 4) is 11.3 Å². The lowest BCUT2D eigenvalue weighted by atomic mass is 9.98. The maximum Gasteiger partial charge on any atom is 0.258 e. The van der Waals surface area contributed by atoms with Gasteiger partial charge in [0.2, 0.25) is 11.8 Å². The van der Waals surface area contributed by atoms with E-state index in [0.717, 1.165) is 16.3 Å². The van der Waals surface area contributed by atoms with Gasteiger partial charge < -0.3 is 10.2 Å². The van der Waals surface area contributed by atoms with E-state index >= 15 is 0 Å². The summed E-state index contributed by atoms with van der Waals surface area (Å²) in [7, 11) is 0. The fourth-order valence-electron chi connectivity index (χ4n) is 4.45. The zero-order valence-electron chi connectivity index (χ0n) is 17.6. The molecule has 2 aliphatic heterocycles. The normalized spacial score (nSPS) is 19.7. The molecule has 3 aromatic rings. The first kappa shape index (κ1) is 20.4. The van der Waals surface area contributed by atoms with Gasteiger partial charge in [-0.1, -0.05) is 42.5 Å². The average molecular weight is 447 g/mol. The molecular formula is C24H22N4O3S. The van der Waals surface area contributed by atoms with Gasteiger partial charge in [-0.25, -0.2) is 4.98 Å². The van der Waals surface area contributed by atoms with Gasteiger partial charge in [-0.3, -0.25) is 19.3 Å². The van der Waals surface area contributed by atoms with E-state index in [4.69, 9.17) is 0 Å². The molecule has 1 atom stereocenters. The highest BCUT2D eigenvalue weighted by Gasteiger charge is 2.53. The largest absolute Gasteiger partial charge is 0.348 e. The predicted octanol–water partition coefficient (Wildman–Crippen LogP) is 3.43. The topological polar surface area (TPSA) is 82.6 Å². The third kappa shape index (κ3) is 3.36. The maximum absolute atomic E-state index is 13.2. The second kappa shape index (κ2) is 7.87. The van der Waals surface area contributed by atoms with Gasteiger partial charge in [0.25, 0.3) is 5.91 Å². The Hall–Kier alpha value is -3.52. The van der Waals surface area contributed by atoms with Crippen LogP contribution in [0.5, 0.6) is 0 Å². The maximum atomic E-state index is 13.2. The Morgan fingerprint density at radius 2 is 1.88 bits per heavy atom. The predicted molar refractivity (Wildman–Crippen MR) is 122 cm³/mol. The fraction of sp³-hybridized carbons (Fsp3) is 0.250. The summed E-state index contributed by atoms with van der Waals surface area (Å²) in [4.78, 5) is 46.4. The summed E-state index contributed by atoms with van der Waals surface area (Å²) in [5.74, 6) is -0.548. The molecule has 1 N–H and O–H groups in total. The Kier molecular flexibility index (Phi) is 5.01. The molecule has 0 radical (unpaired) electrons. The van der Waals surface area contributed by atoms with Crippen LogP contribution in [0.2, 0.25) is 0 Å². The number of thiazole rings is 1. The second-order valence-corrected chi connectivity index (χ2v) is 9.07. The minimum absolute atomic E-state index is 0.0333. The van der Waals surface area contributed by atoms with Crippen LogP contribution in [-0.2, 0) is 16.1 Å². The molecule has 2 aliphatic rings. The van der Waals surface area contributed by atoms with Gasteiger partial charge in [0.1, 0.15) is 17.2 Å². The van der Waals surface area contributed by atoms with Crippen molar-refractivity contribution in [1.29, 1.82) is 0 Å². The van der Waals surface area contributed by atoms with Crippen molar-refractivity contribution < 1.29 is 14.4 Å². The van der Waals surface area contributed by atoms with E-state index in [-0.39, 0.29) is 30.8 Å². The van der Waals surface area contributed by atoms with E-state index < -0.39 is 5.66 Å². The van der Waals surface area contributed by atoms with Crippen LogP contribution in [0.15, 0.2) is 60.0 Å². The van der Waals surface area contributed by atoms with Crippen molar-refractivity contribution >= 4 is 34.7 Å². The number of rotatable bonds is 5. The third-order valence-corrected chi connectivity index (χ3v) is 6.95. The van der Waals surface area contributed by atoms with Crippen molar-refractivity contribution in [1.82, 2.24) is 15.2 Å². The van der Waals surface area contributed by atoms with Crippen LogP contribution in [-0.4, -0.2) is 39.8 Å². The molecule has 1 fully saturated rings. The fourth-order valence-corrected chi connectivity index (χ4v) is 5.19. The number of benzene rings is 2. The van der Waals surface area contributed by atoms with Gasteiger partial charge in [-0.2, -0.15) is 0 Å². The third-order valence-electron chi connectivity index (χ3n) is 6.11. The zero-order valence-corrected chi connectivity index (χ0v) is 18.4. The van der Waals surface area contributed by atoms with Gasteiger partial charge in [-0.15, -0.1) is 11.3 Å². The molecule has 1 saturated heterocycles. The molecule has 8 heteroatoms. The molecule has 2 aromatic carbocycles. The second-order valence-electron chi connectivity index (χ2n) is 8.12. The highest BCUT2D eigenvalue weighted by molar-refractivity contribution is 7.09. The Labute approximate surface area is 189 Å². The quantitative estimate of drug-likeness (QED) is 0.651. The van der Waals surface area contributed by atoms with Crippen LogP contribution in [0.3, 0.4) is 0 Å². The lowest BCUT2D eigenvalue weighted by molar-refractivity contribution is -0.124. The van der Waals surface area contributed by atoms with Crippen LogP contribution in [0.1, 0.15) is 35.1 Å². The standard InChI is InChI=1S/C24H22N4O3S/c1-24-12-11-22(30)28(24)19-10-6-5-9-17(19)23(31)27(24)14-20(29)25-13-21-26-18(15-32-21)16-7-3-2-4-8-16/h2-10,15H,11-14H2,1H3,(H,25,29). The molecule has 0 spiro atoms. The van der Waals surface area contributed by atoms with Gasteiger partial charge in [0, 0.05) is 17.4 Å². The molecule has 7 nitrogen and oxygen atoms in total. The summed E-state index contributed by atoms with van der Waals surface area (Å²) in [6.07, 6.45) is 0.837. The number of aromatic nitrogens is 1. The van der Waals surface area contributed by atoms with E-state index in [1.165, 1.54) is 16.2 Å². The number of para-hydroxylation sites is 1. The van der Waals surface area contributed by atoms with Crippen LogP contribution < -0.4 is 10.2 Å². The van der Waals surface area contributed by atoms with E-state index in [1.807, 2.05) is 48.7 Å². The first-order valence-corrected chi connectivity index (χ1v) is 11.4. The monoisotopic (exact) mass is 446 g/mol. The zero-order chi connectivity index (χ0) is 22.3. The minimum Gasteiger partial charge on any atom is -0.348 e. The Balaban J connectivity index is 1.31. The van der Waals surface area contributed by atoms with Crippen LogP contribution in [0.4, 0.5) is 5.69 Å². The molecule has 32 heavy (non-hydrogen) atoms. The molecule has 0 bridgehead atoms. The number of hydrogen-bond acceptors (Lipinski definition) is 5. The summed E-state index contributed by atoms with van der Waals surface area (Å²) < 4.78 is 0. The number of amides is 3. The number of carbonyl (C=O) groups excluding carboxylic acids is 3. The number of nitrogens with zero attached hydrogens (tertiary/aromatic N) is 3. The first-order chi connectivity index (χ1) is 15.5. The molecule has 1 aromatic heterocycles. The molecule has 5 rings (SSSR count). The van der Waals surface area contributed by atoms with Crippen LogP contribution in [0, 0.1) is 0 Å². The lowest BCUT2D eigenvalue weighted by Gasteiger charge is -2.48. The molecule has 0 aliphatic carbocycles. The summed E-state index contributed by atoms with van der Waals surface area (Å²) in [6, 6.07) is 16.9. The summed E-state index contributed by atoms with van der Waals surface area (Å²) in [5.41, 5.74) is 2.12. The Morgan fingerprint density at radius 3 is 2.69 bits per heavy atom. The SMILES string of the molecule is CC12CCC(=O)N1c1ccccc1C(=O)N2CC(=O)NCc1nc(-c2ccccc2)cs1. The summed E-state index contributed by atoms with van der Waals surface area (Å²) in [5, 5.41) is 5.63. The van der Waals surface area contributed by atoms with E-state index in [1.54, 1.807) is 23.1 Å². The molecule has 1 unspecified atom stereocenters. The molecule has 3 heterocycles. The van der Waals surface area contributed by atoms with Crippen molar-refractivity contribution in [2.24, 2.45) is 0 Å². The van der Waals surface area contributed by atoms with Gasteiger partial charge in [0.15, 0.2) is 0 Å². The average Bonchev–Trinajstić information content (AvgIpc) is 3.41. The minimum atomic E-state index is -0.846. The number of hydrogen-bond donors (Lipinski definition) is 1. The Bertz CT molecular complexity index is 1210. The van der Waals surface area contributed by atoms with Crippen LogP contribution in [0.25, 0.3) is 11.3 Å². The van der Waals surface area contributed by atoms with Crippen molar-refractivity contribution in [3.63, 3.8) is 0 Å². The highest BCUT2D eigenvalue weighted by atomic mass is 32.1. The van der Waals surface area contributed by atoms with E-state index in [0.29, 0.717) is 24.1 Å². The molecular weight excluding hydrogens is 424 g/mol. The summed E-state index contributed by atoms with van der Waals surface area (Å²) in [6.45, 7) is 2.02. The number of anilines is 1. The van der Waals surface area contributed by atoms with Crippen LogP contribution >= 0.6 is 11.3 Å². The number of fused-ring (bicyclic) bond motifs is 3. The van der Waals surface area contributed by atoms with Crippen molar-refractivity contribution in [3.05, 3.63) is 70.5 Å². The number of carbonyl (C=O) groups is 3. The Morgan fingerprint density at radius 1 is 1.12 bits per heavy atom. The van der Waals surface area contributed by atoms with Crippen molar-refractivity contribution in [2.75, 3.05) is 11.4 Å². The summed E-state index contributed by atoms with van der Waals surface area (Å²) >= 11 is 1.48. The lowest BCUT2D eigenvalue weighted by Crippen LogP contribution is -2.63. The van der Waals surface area contributed by atoms with Crippen molar-refractivity contribution in [2.45, 2.75) is 32.0 Å². The van der Waals surface area contributed by atoms with Gasteiger partial charge in [-0.05, 0) is 25.5 Å². The van der Waals surface area contributed by atoms with E-state index in [9.17, 15) is 14.4 Å². The molecule has 0 saturated carbocycles.